The molecular weight excluding hydrogens is 260 g/mol. The first kappa shape index (κ1) is 16.3. The van der Waals surface area contributed by atoms with Gasteiger partial charge in [0.2, 0.25) is 0 Å². The molecule has 3 heteroatoms. The van der Waals surface area contributed by atoms with Crippen molar-refractivity contribution in [2.75, 3.05) is 20.2 Å². The zero-order valence-corrected chi connectivity index (χ0v) is 14.1. The Labute approximate surface area is 129 Å². The van der Waals surface area contributed by atoms with Crippen LogP contribution in [0.2, 0.25) is 0 Å². The van der Waals surface area contributed by atoms with Gasteiger partial charge in [0.05, 0.1) is 7.11 Å². The van der Waals surface area contributed by atoms with Crippen molar-refractivity contribution in [2.45, 2.75) is 52.7 Å². The third-order valence-electron chi connectivity index (χ3n) is 4.65. The van der Waals surface area contributed by atoms with Gasteiger partial charge in [-0.25, -0.2) is 0 Å². The Morgan fingerprint density at radius 1 is 1.38 bits per heavy atom. The van der Waals surface area contributed by atoms with Crippen LogP contribution >= 0.6 is 0 Å². The Bertz CT molecular complexity index is 459. The van der Waals surface area contributed by atoms with E-state index in [0.29, 0.717) is 18.0 Å². The summed E-state index contributed by atoms with van der Waals surface area (Å²) in [5.74, 6) is 1.68. The molecule has 2 atom stereocenters. The third-order valence-corrected chi connectivity index (χ3v) is 4.65. The predicted octanol–water partition coefficient (Wildman–Crippen LogP) is 3.21. The molecule has 1 aromatic carbocycles. The highest BCUT2D eigenvalue weighted by Crippen LogP contribution is 2.24. The smallest absolute Gasteiger partial charge is 0.123 e. The van der Waals surface area contributed by atoms with Crippen molar-refractivity contribution in [3.05, 3.63) is 29.3 Å². The highest BCUT2D eigenvalue weighted by Gasteiger charge is 2.28. The molecule has 0 spiro atoms. The second kappa shape index (κ2) is 7.28. The van der Waals surface area contributed by atoms with Crippen molar-refractivity contribution in [1.29, 1.82) is 0 Å². The fraction of sp³-hybridized carbons (Fsp3) is 0.667. The Morgan fingerprint density at radius 2 is 2.14 bits per heavy atom. The van der Waals surface area contributed by atoms with Crippen molar-refractivity contribution >= 4 is 0 Å². The fourth-order valence-electron chi connectivity index (χ4n) is 3.18. The molecule has 118 valence electrons. The van der Waals surface area contributed by atoms with Gasteiger partial charge in [0, 0.05) is 37.3 Å². The molecule has 0 radical (unpaired) electrons. The van der Waals surface area contributed by atoms with E-state index in [1.54, 1.807) is 7.11 Å². The van der Waals surface area contributed by atoms with Crippen molar-refractivity contribution in [1.82, 2.24) is 10.2 Å². The summed E-state index contributed by atoms with van der Waals surface area (Å²) in [7, 11) is 1.76. The second-order valence-corrected chi connectivity index (χ2v) is 6.57. The summed E-state index contributed by atoms with van der Waals surface area (Å²) in [6.45, 7) is 12.2. The molecule has 1 N–H and O–H groups in total. The fourth-order valence-corrected chi connectivity index (χ4v) is 3.18. The molecular formula is C18H30N2O. The van der Waals surface area contributed by atoms with Gasteiger partial charge in [-0.3, -0.25) is 4.90 Å². The summed E-state index contributed by atoms with van der Waals surface area (Å²) >= 11 is 0. The first-order chi connectivity index (χ1) is 10.0. The Hall–Kier alpha value is -1.06. The average Bonchev–Trinajstić information content (AvgIpc) is 2.47. The van der Waals surface area contributed by atoms with Gasteiger partial charge in [0.15, 0.2) is 0 Å². The zero-order chi connectivity index (χ0) is 15.4. The molecule has 1 aliphatic heterocycles. The largest absolute Gasteiger partial charge is 0.496 e. The van der Waals surface area contributed by atoms with Crippen LogP contribution in [0.15, 0.2) is 18.2 Å². The Morgan fingerprint density at radius 3 is 2.76 bits per heavy atom. The SMILES string of the molecule is CCC1CNC(C(C)C)CN1Cc1cc(C)ccc1OC. The summed E-state index contributed by atoms with van der Waals surface area (Å²) in [5, 5.41) is 3.70. The highest BCUT2D eigenvalue weighted by atomic mass is 16.5. The number of benzene rings is 1. The van der Waals surface area contributed by atoms with Crippen LogP contribution in [0.25, 0.3) is 0 Å². The first-order valence-electron chi connectivity index (χ1n) is 8.16. The van der Waals surface area contributed by atoms with Gasteiger partial charge < -0.3 is 10.1 Å². The maximum Gasteiger partial charge on any atom is 0.123 e. The van der Waals surface area contributed by atoms with Crippen LogP contribution in [0, 0.1) is 12.8 Å². The third kappa shape index (κ3) is 3.98. The minimum atomic E-state index is 0.587. The van der Waals surface area contributed by atoms with Crippen LogP contribution in [0.4, 0.5) is 0 Å². The Kier molecular flexibility index (Phi) is 5.65. The van der Waals surface area contributed by atoms with E-state index in [4.69, 9.17) is 4.74 Å². The molecule has 21 heavy (non-hydrogen) atoms. The van der Waals surface area contributed by atoms with E-state index in [1.165, 1.54) is 17.5 Å². The molecule has 1 aliphatic rings. The summed E-state index contributed by atoms with van der Waals surface area (Å²) in [6.07, 6.45) is 1.19. The van der Waals surface area contributed by atoms with Gasteiger partial charge >= 0.3 is 0 Å². The van der Waals surface area contributed by atoms with E-state index >= 15 is 0 Å². The maximum atomic E-state index is 5.54. The normalized spacial score (nSPS) is 23.5. The summed E-state index contributed by atoms with van der Waals surface area (Å²) in [4.78, 5) is 2.62. The van der Waals surface area contributed by atoms with Crippen LogP contribution in [-0.4, -0.2) is 37.2 Å². The van der Waals surface area contributed by atoms with Gasteiger partial charge in [-0.2, -0.15) is 0 Å². The van der Waals surface area contributed by atoms with Gasteiger partial charge in [-0.05, 0) is 25.3 Å². The topological polar surface area (TPSA) is 24.5 Å². The molecule has 0 saturated carbocycles. The zero-order valence-electron chi connectivity index (χ0n) is 14.1. The van der Waals surface area contributed by atoms with Gasteiger partial charge in [0.25, 0.3) is 0 Å². The molecule has 0 aromatic heterocycles. The number of aryl methyl sites for hydroxylation is 1. The average molecular weight is 290 g/mol. The van der Waals surface area contributed by atoms with E-state index in [2.05, 4.69) is 56.1 Å². The highest BCUT2D eigenvalue weighted by molar-refractivity contribution is 5.36. The van der Waals surface area contributed by atoms with Crippen LogP contribution < -0.4 is 10.1 Å². The van der Waals surface area contributed by atoms with Crippen LogP contribution in [-0.2, 0) is 6.54 Å². The number of methoxy groups -OCH3 is 1. The van der Waals surface area contributed by atoms with Crippen LogP contribution in [0.3, 0.4) is 0 Å². The lowest BCUT2D eigenvalue weighted by atomic mass is 9.97. The number of nitrogens with zero attached hydrogens (tertiary/aromatic N) is 1. The molecule has 0 amide bonds. The van der Waals surface area contributed by atoms with Crippen LogP contribution in [0.5, 0.6) is 5.75 Å². The number of hydrogen-bond donors (Lipinski definition) is 1. The molecule has 1 aromatic rings. The maximum absolute atomic E-state index is 5.54. The molecule has 1 saturated heterocycles. The molecule has 0 aliphatic carbocycles. The summed E-state index contributed by atoms with van der Waals surface area (Å²) < 4.78 is 5.54. The van der Waals surface area contributed by atoms with Gasteiger partial charge in [-0.15, -0.1) is 0 Å². The summed E-state index contributed by atoms with van der Waals surface area (Å²) in [5.41, 5.74) is 2.61. The summed E-state index contributed by atoms with van der Waals surface area (Å²) in [6, 6.07) is 7.67. The molecule has 2 unspecified atom stereocenters. The number of nitrogens with one attached hydrogen (secondary N) is 1. The van der Waals surface area contributed by atoms with E-state index in [1.807, 2.05) is 0 Å². The molecule has 3 nitrogen and oxygen atoms in total. The van der Waals surface area contributed by atoms with Crippen LogP contribution in [0.1, 0.15) is 38.3 Å². The quantitative estimate of drug-likeness (QED) is 0.901. The van der Waals surface area contributed by atoms with Gasteiger partial charge in [-0.1, -0.05) is 38.5 Å². The van der Waals surface area contributed by atoms with Crippen molar-refractivity contribution in [2.24, 2.45) is 5.92 Å². The van der Waals surface area contributed by atoms with E-state index in [9.17, 15) is 0 Å². The Balaban J connectivity index is 2.16. The minimum absolute atomic E-state index is 0.587. The predicted molar refractivity (Wildman–Crippen MR) is 88.8 cm³/mol. The number of rotatable bonds is 5. The van der Waals surface area contributed by atoms with E-state index in [0.717, 1.165) is 25.4 Å². The van der Waals surface area contributed by atoms with Crippen molar-refractivity contribution in [3.63, 3.8) is 0 Å². The standard InChI is InChI=1S/C18H30N2O/c1-6-16-10-19-17(13(2)3)12-20(16)11-15-9-14(4)7-8-18(15)21-5/h7-9,13,16-17,19H,6,10-12H2,1-5H3. The number of piperazine rings is 1. The number of ether oxygens (including phenoxy) is 1. The van der Waals surface area contributed by atoms with Crippen molar-refractivity contribution < 1.29 is 4.74 Å². The molecule has 1 heterocycles. The van der Waals surface area contributed by atoms with E-state index < -0.39 is 0 Å². The number of hydrogen-bond acceptors (Lipinski definition) is 3. The minimum Gasteiger partial charge on any atom is -0.496 e. The van der Waals surface area contributed by atoms with Gasteiger partial charge in [0.1, 0.15) is 5.75 Å². The lowest BCUT2D eigenvalue weighted by Gasteiger charge is -2.41. The lowest BCUT2D eigenvalue weighted by Crippen LogP contribution is -2.57. The first-order valence-corrected chi connectivity index (χ1v) is 8.16. The molecule has 1 fully saturated rings. The second-order valence-electron chi connectivity index (χ2n) is 6.57. The molecule has 0 bridgehead atoms. The van der Waals surface area contributed by atoms with E-state index in [-0.39, 0.29) is 0 Å². The lowest BCUT2D eigenvalue weighted by molar-refractivity contribution is 0.102. The molecule has 2 rings (SSSR count). The van der Waals surface area contributed by atoms with Crippen molar-refractivity contribution in [3.8, 4) is 5.75 Å². The monoisotopic (exact) mass is 290 g/mol.